The molecule has 0 spiro atoms. The first kappa shape index (κ1) is 45.6. The molecule has 0 bridgehead atoms. The Morgan fingerprint density at radius 2 is 0.575 bits per heavy atom. The third-order valence-electron chi connectivity index (χ3n) is 17.8. The van der Waals surface area contributed by atoms with E-state index in [0.29, 0.717) is 0 Å². The normalized spacial score (nSPS) is 15.5. The molecule has 0 amide bonds. The lowest BCUT2D eigenvalue weighted by atomic mass is 9.76. The molecule has 0 atom stereocenters. The van der Waals surface area contributed by atoms with E-state index in [0.717, 1.165) is 0 Å². The second-order valence-electron chi connectivity index (χ2n) is 25.5. The van der Waals surface area contributed by atoms with Gasteiger partial charge in [0.1, 0.15) is 0 Å². The minimum atomic E-state index is -0.175. The summed E-state index contributed by atoms with van der Waals surface area (Å²) >= 11 is 0. The van der Waals surface area contributed by atoms with Crippen LogP contribution in [0.25, 0.3) is 99.4 Å². The molecule has 0 nitrogen and oxygen atoms in total. The molecule has 10 aromatic rings. The van der Waals surface area contributed by atoms with Crippen molar-refractivity contribution in [1.29, 1.82) is 0 Å². The Balaban J connectivity index is 0.815. The molecule has 0 saturated heterocycles. The van der Waals surface area contributed by atoms with Crippen LogP contribution in [-0.4, -0.2) is 0 Å². The lowest BCUT2D eigenvalue weighted by molar-refractivity contribution is 0.580. The van der Waals surface area contributed by atoms with E-state index in [1.165, 1.54) is 144 Å². The average Bonchev–Trinajstić information content (AvgIpc) is 3.86. The Kier molecular flexibility index (Phi) is 9.60. The van der Waals surface area contributed by atoms with Crippen LogP contribution in [0.4, 0.5) is 0 Å². The van der Waals surface area contributed by atoms with Crippen molar-refractivity contribution in [2.24, 2.45) is 0 Å². The molecule has 0 N–H and O–H groups in total. The van der Waals surface area contributed by atoms with Crippen LogP contribution in [-0.2, 0) is 27.1 Å². The highest BCUT2D eigenvalue weighted by atomic mass is 14.4. The van der Waals surface area contributed by atoms with Crippen LogP contribution in [0.1, 0.15) is 128 Å². The van der Waals surface area contributed by atoms with E-state index in [1.807, 2.05) is 0 Å². The molecule has 0 heterocycles. The summed E-state index contributed by atoms with van der Waals surface area (Å²) in [7, 11) is 0. The second-order valence-corrected chi connectivity index (χ2v) is 25.5. The van der Waals surface area contributed by atoms with Gasteiger partial charge in [-0.1, -0.05) is 217 Å². The molecule has 0 aromatic heterocycles. The van der Waals surface area contributed by atoms with Gasteiger partial charge in [-0.25, -0.2) is 0 Å². The van der Waals surface area contributed by atoms with Crippen molar-refractivity contribution in [1.82, 2.24) is 0 Å². The summed E-state index contributed by atoms with van der Waals surface area (Å²) in [5.74, 6) is 0. The fourth-order valence-electron chi connectivity index (χ4n) is 13.1. The van der Waals surface area contributed by atoms with Crippen LogP contribution in [0, 0.1) is 0 Å². The lowest BCUT2D eigenvalue weighted by Gasteiger charge is -2.28. The molecule has 0 saturated carbocycles. The van der Waals surface area contributed by atoms with Crippen molar-refractivity contribution in [2.75, 3.05) is 0 Å². The van der Waals surface area contributed by atoms with Crippen molar-refractivity contribution >= 4 is 21.5 Å². The average molecular weight is 943 g/mol. The molecule has 0 radical (unpaired) electrons. The zero-order valence-corrected chi connectivity index (χ0v) is 44.8. The molecule has 0 heteroatoms. The molecule has 3 aliphatic rings. The van der Waals surface area contributed by atoms with E-state index in [2.05, 4.69) is 265 Å². The summed E-state index contributed by atoms with van der Waals surface area (Å²) in [6, 6.07) is 70.5. The van der Waals surface area contributed by atoms with Gasteiger partial charge in [0, 0.05) is 16.2 Å². The smallest absolute Gasteiger partial charge is 0.0159 e. The topological polar surface area (TPSA) is 0 Å². The molecule has 10 aromatic carbocycles. The molecule has 73 heavy (non-hydrogen) atoms. The van der Waals surface area contributed by atoms with Crippen molar-refractivity contribution < 1.29 is 0 Å². The van der Waals surface area contributed by atoms with Crippen LogP contribution < -0.4 is 0 Å². The molecular formula is C73H66. The maximum absolute atomic E-state index is 2.54. The summed E-state index contributed by atoms with van der Waals surface area (Å²) in [6.07, 6.45) is 0. The van der Waals surface area contributed by atoms with Gasteiger partial charge in [0.05, 0.1) is 0 Å². The maximum atomic E-state index is 2.54. The SMILES string of the molecule is CC(C)(C)c1ccc2c(c1)C(C)(C)c1cc(C(C)(C)C)cc(-c3ccc4c(c3)C(C)(C)c3cc(-c5ccc6c(c5)C(C)(C)c5cc(-c7ccc8cc(-c9ccc%10ccccc%10c9)ccc8c7)ccc5-6)ccc3-4)c1-2. The summed E-state index contributed by atoms with van der Waals surface area (Å²) < 4.78 is 0. The van der Waals surface area contributed by atoms with Crippen molar-refractivity contribution in [3.63, 3.8) is 0 Å². The van der Waals surface area contributed by atoms with Gasteiger partial charge in [0.15, 0.2) is 0 Å². The summed E-state index contributed by atoms with van der Waals surface area (Å²) in [4.78, 5) is 0. The summed E-state index contributed by atoms with van der Waals surface area (Å²) in [5.41, 5.74) is 29.4. The molecule has 0 aliphatic heterocycles. The minimum absolute atomic E-state index is 0.0101. The largest absolute Gasteiger partial charge is 0.0616 e. The number of fused-ring (bicyclic) bond motifs is 11. The van der Waals surface area contributed by atoms with Gasteiger partial charge in [-0.3, -0.25) is 0 Å². The van der Waals surface area contributed by atoms with E-state index in [9.17, 15) is 0 Å². The number of benzene rings is 10. The second kappa shape index (κ2) is 15.4. The molecule has 0 fully saturated rings. The van der Waals surface area contributed by atoms with E-state index < -0.39 is 0 Å². The Bertz CT molecular complexity index is 4000. The highest BCUT2D eigenvalue weighted by molar-refractivity contribution is 5.97. The Morgan fingerprint density at radius 3 is 1.04 bits per heavy atom. The molecule has 0 unspecified atom stereocenters. The maximum Gasteiger partial charge on any atom is 0.0159 e. The molecule has 3 aliphatic carbocycles. The Hall–Kier alpha value is -7.28. The van der Waals surface area contributed by atoms with Crippen LogP contribution in [0.2, 0.25) is 0 Å². The standard InChI is InChI=1S/C73H66/c1-69(2,3)54-27-32-60-66(41-54)73(11,12)67-42-55(70(4,5)6)40-61(68(60)67)53-26-31-59-58-30-25-52(38-64(58)72(9,10)65(59)39-53)51-24-29-57-56-28-23-50(36-62(56)71(7,8)63(57)37-51)49-22-21-47-34-46(19-20-48(47)35-49)45-18-17-43-15-13-14-16-44(43)33-45/h13-42H,1-12H3. The zero-order chi connectivity index (χ0) is 50.7. The quantitative estimate of drug-likeness (QED) is 0.165. The van der Waals surface area contributed by atoms with E-state index in [-0.39, 0.29) is 27.1 Å². The van der Waals surface area contributed by atoms with Crippen LogP contribution >= 0.6 is 0 Å². The predicted molar refractivity (Wildman–Crippen MR) is 313 cm³/mol. The van der Waals surface area contributed by atoms with Crippen molar-refractivity contribution in [2.45, 2.75) is 110 Å². The third kappa shape index (κ3) is 6.93. The van der Waals surface area contributed by atoms with Gasteiger partial charge in [0.2, 0.25) is 0 Å². The first-order valence-corrected chi connectivity index (χ1v) is 26.6. The Morgan fingerprint density at radius 1 is 0.247 bits per heavy atom. The number of rotatable bonds is 4. The van der Waals surface area contributed by atoms with E-state index >= 15 is 0 Å². The Labute approximate surface area is 433 Å². The fourth-order valence-corrected chi connectivity index (χ4v) is 13.1. The first-order valence-electron chi connectivity index (χ1n) is 26.6. The monoisotopic (exact) mass is 943 g/mol. The van der Waals surface area contributed by atoms with Crippen molar-refractivity contribution in [3.05, 3.63) is 226 Å². The molecule has 13 rings (SSSR count). The minimum Gasteiger partial charge on any atom is -0.0616 e. The van der Waals surface area contributed by atoms with Crippen molar-refractivity contribution in [3.8, 4) is 77.9 Å². The number of hydrogen-bond donors (Lipinski definition) is 0. The summed E-state index contributed by atoms with van der Waals surface area (Å²) in [5, 5.41) is 5.06. The predicted octanol–water partition coefficient (Wildman–Crippen LogP) is 20.2. The highest BCUT2D eigenvalue weighted by Crippen LogP contribution is 2.57. The molecule has 358 valence electrons. The van der Waals surface area contributed by atoms with Gasteiger partial charge in [-0.2, -0.15) is 0 Å². The zero-order valence-electron chi connectivity index (χ0n) is 44.8. The van der Waals surface area contributed by atoms with E-state index in [4.69, 9.17) is 0 Å². The third-order valence-corrected chi connectivity index (χ3v) is 17.8. The first-order chi connectivity index (χ1) is 34.7. The van der Waals surface area contributed by atoms with Gasteiger partial charge in [0.25, 0.3) is 0 Å². The van der Waals surface area contributed by atoms with Crippen LogP contribution in [0.5, 0.6) is 0 Å². The van der Waals surface area contributed by atoms with Gasteiger partial charge in [-0.15, -0.1) is 0 Å². The van der Waals surface area contributed by atoms with E-state index in [1.54, 1.807) is 0 Å². The number of hydrogen-bond acceptors (Lipinski definition) is 0. The lowest BCUT2D eigenvalue weighted by Crippen LogP contribution is -2.19. The van der Waals surface area contributed by atoms with Crippen LogP contribution in [0.3, 0.4) is 0 Å². The summed E-state index contributed by atoms with van der Waals surface area (Å²) in [6.45, 7) is 28.6. The van der Waals surface area contributed by atoms with Crippen LogP contribution in [0.15, 0.2) is 182 Å². The van der Waals surface area contributed by atoms with Gasteiger partial charge < -0.3 is 0 Å². The molecular weight excluding hydrogens is 877 g/mol. The van der Waals surface area contributed by atoms with Gasteiger partial charge >= 0.3 is 0 Å². The van der Waals surface area contributed by atoms with Gasteiger partial charge in [-0.05, 0) is 203 Å². The highest BCUT2D eigenvalue weighted by Gasteiger charge is 2.41. The fraction of sp³-hybridized carbons (Fsp3) is 0.233.